The number of amides is 2. The van der Waals surface area contributed by atoms with Crippen molar-refractivity contribution in [3.63, 3.8) is 0 Å². The third kappa shape index (κ3) is 4.75. The predicted molar refractivity (Wildman–Crippen MR) is 90.1 cm³/mol. The van der Waals surface area contributed by atoms with Crippen LogP contribution in [0.15, 0.2) is 12.1 Å². The minimum absolute atomic E-state index is 0.0215. The molecule has 0 bridgehead atoms. The van der Waals surface area contributed by atoms with E-state index in [-0.39, 0.29) is 13.1 Å². The number of hydrogen-bond donors (Lipinski definition) is 1. The van der Waals surface area contributed by atoms with E-state index in [1.807, 2.05) is 0 Å². The van der Waals surface area contributed by atoms with Gasteiger partial charge in [-0.05, 0) is 12.8 Å². The van der Waals surface area contributed by atoms with Gasteiger partial charge in [-0.1, -0.05) is 0 Å². The molecule has 0 radical (unpaired) electrons. The number of benzene rings is 1. The van der Waals surface area contributed by atoms with Gasteiger partial charge in [0.2, 0.25) is 11.7 Å². The Morgan fingerprint density at radius 2 is 1.70 bits per heavy atom. The lowest BCUT2D eigenvalue weighted by atomic mass is 9.97. The first-order valence-electron chi connectivity index (χ1n) is 8.18. The molecule has 1 atom stereocenters. The van der Waals surface area contributed by atoms with Crippen molar-refractivity contribution in [2.75, 3.05) is 39.7 Å². The molecule has 150 valence electrons. The molecule has 1 heterocycles. The number of carbonyl (C=O) groups excluding carboxylic acids is 2. The van der Waals surface area contributed by atoms with E-state index in [4.69, 9.17) is 14.2 Å². The second kappa shape index (κ2) is 8.36. The van der Waals surface area contributed by atoms with Gasteiger partial charge >= 0.3 is 12.1 Å². The Labute approximate surface area is 154 Å². The zero-order chi connectivity index (χ0) is 20.2. The Kier molecular flexibility index (Phi) is 6.40. The highest BCUT2D eigenvalue weighted by Gasteiger charge is 2.44. The van der Waals surface area contributed by atoms with Crippen LogP contribution in [-0.2, 0) is 9.59 Å². The fourth-order valence-electron chi connectivity index (χ4n) is 2.95. The topological polar surface area (TPSA) is 77.1 Å². The van der Waals surface area contributed by atoms with Crippen molar-refractivity contribution in [1.29, 1.82) is 0 Å². The molecule has 1 aromatic carbocycles. The lowest BCUT2D eigenvalue weighted by Crippen LogP contribution is -2.48. The highest BCUT2D eigenvalue weighted by Crippen LogP contribution is 2.40. The molecule has 1 aliphatic heterocycles. The van der Waals surface area contributed by atoms with Crippen LogP contribution >= 0.6 is 0 Å². The van der Waals surface area contributed by atoms with Crippen molar-refractivity contribution < 1.29 is 37.0 Å². The molecule has 0 aliphatic carbocycles. The number of anilines is 1. The first kappa shape index (κ1) is 20.7. The summed E-state index contributed by atoms with van der Waals surface area (Å²) in [7, 11) is 4.28. The normalized spacial score (nSPS) is 17.3. The Hall–Kier alpha value is -2.65. The monoisotopic (exact) mass is 390 g/mol. The molecule has 0 spiro atoms. The van der Waals surface area contributed by atoms with Gasteiger partial charge in [-0.2, -0.15) is 13.2 Å². The third-order valence-electron chi connectivity index (χ3n) is 4.25. The van der Waals surface area contributed by atoms with Gasteiger partial charge in [0.1, 0.15) is 0 Å². The summed E-state index contributed by atoms with van der Waals surface area (Å²) in [6, 6.07) is 3.03. The molecular weight excluding hydrogens is 369 g/mol. The van der Waals surface area contributed by atoms with Crippen molar-refractivity contribution in [1.82, 2.24) is 4.90 Å². The largest absolute Gasteiger partial charge is 0.493 e. The molecule has 27 heavy (non-hydrogen) atoms. The van der Waals surface area contributed by atoms with Crippen molar-refractivity contribution in [3.8, 4) is 17.2 Å². The van der Waals surface area contributed by atoms with E-state index in [1.165, 1.54) is 33.5 Å². The van der Waals surface area contributed by atoms with Crippen LogP contribution in [0.2, 0.25) is 0 Å². The summed E-state index contributed by atoms with van der Waals surface area (Å²) in [6.45, 7) is -0.305. The van der Waals surface area contributed by atoms with E-state index < -0.39 is 23.9 Å². The Bertz CT molecular complexity index is 683. The lowest BCUT2D eigenvalue weighted by molar-refractivity contribution is -0.187. The van der Waals surface area contributed by atoms with E-state index in [0.717, 1.165) is 0 Å². The van der Waals surface area contributed by atoms with Crippen LogP contribution in [0.4, 0.5) is 18.9 Å². The quantitative estimate of drug-likeness (QED) is 0.836. The first-order valence-corrected chi connectivity index (χ1v) is 8.18. The van der Waals surface area contributed by atoms with Gasteiger partial charge in [0.05, 0.1) is 27.2 Å². The van der Waals surface area contributed by atoms with E-state index >= 15 is 0 Å². The Morgan fingerprint density at radius 1 is 1.11 bits per heavy atom. The van der Waals surface area contributed by atoms with Crippen LogP contribution in [0.5, 0.6) is 17.2 Å². The number of piperidine rings is 1. The number of ether oxygens (including phenoxy) is 3. The number of nitrogens with one attached hydrogen (secondary N) is 1. The van der Waals surface area contributed by atoms with Crippen LogP contribution in [0.25, 0.3) is 0 Å². The zero-order valence-electron chi connectivity index (χ0n) is 15.2. The van der Waals surface area contributed by atoms with Crippen LogP contribution < -0.4 is 19.5 Å². The van der Waals surface area contributed by atoms with E-state index in [2.05, 4.69) is 5.32 Å². The minimum Gasteiger partial charge on any atom is -0.493 e. The number of alkyl halides is 3. The van der Waals surface area contributed by atoms with Gasteiger partial charge in [-0.3, -0.25) is 9.59 Å². The fourth-order valence-corrected chi connectivity index (χ4v) is 2.95. The summed E-state index contributed by atoms with van der Waals surface area (Å²) in [5.41, 5.74) is 0.341. The number of hydrogen-bond acceptors (Lipinski definition) is 5. The third-order valence-corrected chi connectivity index (χ3v) is 4.25. The number of carbonyl (C=O) groups is 2. The SMILES string of the molecule is COc1cc(NC(=O)C2CCCN(C(=O)C(F)(F)F)C2)cc(OC)c1OC. The number of rotatable bonds is 5. The van der Waals surface area contributed by atoms with Gasteiger partial charge in [-0.25, -0.2) is 0 Å². The summed E-state index contributed by atoms with van der Waals surface area (Å²) in [5.74, 6) is -2.16. The molecule has 2 rings (SSSR count). The maximum Gasteiger partial charge on any atom is 0.471 e. The molecule has 1 aliphatic rings. The smallest absolute Gasteiger partial charge is 0.471 e. The van der Waals surface area contributed by atoms with Crippen molar-refractivity contribution in [2.45, 2.75) is 19.0 Å². The molecule has 1 aromatic rings. The summed E-state index contributed by atoms with van der Waals surface area (Å²) < 4.78 is 53.4. The number of likely N-dealkylation sites (tertiary alicyclic amines) is 1. The second-order valence-corrected chi connectivity index (χ2v) is 5.99. The molecule has 0 saturated carbocycles. The summed E-state index contributed by atoms with van der Waals surface area (Å²) >= 11 is 0. The van der Waals surface area contributed by atoms with Crippen LogP contribution in [-0.4, -0.2) is 57.3 Å². The zero-order valence-corrected chi connectivity index (χ0v) is 15.2. The number of methoxy groups -OCH3 is 3. The van der Waals surface area contributed by atoms with Crippen molar-refractivity contribution in [2.24, 2.45) is 5.92 Å². The molecule has 1 saturated heterocycles. The maximum absolute atomic E-state index is 12.6. The highest BCUT2D eigenvalue weighted by atomic mass is 19.4. The molecule has 1 fully saturated rings. The first-order chi connectivity index (χ1) is 12.7. The van der Waals surface area contributed by atoms with Gasteiger partial charge < -0.3 is 24.4 Å². The Morgan fingerprint density at radius 3 is 2.19 bits per heavy atom. The lowest BCUT2D eigenvalue weighted by Gasteiger charge is -2.32. The van der Waals surface area contributed by atoms with Gasteiger partial charge in [0.25, 0.3) is 0 Å². The molecule has 0 aromatic heterocycles. The standard InChI is InChI=1S/C17H21F3N2O5/c1-25-12-7-11(8-13(26-2)14(12)27-3)21-15(23)10-5-4-6-22(9-10)16(24)17(18,19)20/h7-8,10H,4-6,9H2,1-3H3,(H,21,23). The van der Waals surface area contributed by atoms with Crippen LogP contribution in [0, 0.1) is 5.92 Å². The van der Waals surface area contributed by atoms with Crippen LogP contribution in [0.3, 0.4) is 0 Å². The Balaban J connectivity index is 2.14. The number of halogens is 3. The fraction of sp³-hybridized carbons (Fsp3) is 0.529. The summed E-state index contributed by atoms with van der Waals surface area (Å²) in [6.07, 6.45) is -4.25. The van der Waals surface area contributed by atoms with Gasteiger partial charge in [0.15, 0.2) is 11.5 Å². The average Bonchev–Trinajstić information content (AvgIpc) is 2.65. The van der Waals surface area contributed by atoms with Crippen LogP contribution in [0.1, 0.15) is 12.8 Å². The van der Waals surface area contributed by atoms with Crippen molar-refractivity contribution >= 4 is 17.5 Å². The van der Waals surface area contributed by atoms with Gasteiger partial charge in [0, 0.05) is 30.9 Å². The predicted octanol–water partition coefficient (Wildman–Crippen LogP) is 2.45. The van der Waals surface area contributed by atoms with E-state index in [9.17, 15) is 22.8 Å². The molecule has 10 heteroatoms. The minimum atomic E-state index is -4.95. The average molecular weight is 390 g/mol. The molecular formula is C17H21F3N2O5. The molecule has 1 N–H and O–H groups in total. The van der Waals surface area contributed by atoms with Gasteiger partial charge in [-0.15, -0.1) is 0 Å². The summed E-state index contributed by atoms with van der Waals surface area (Å²) in [4.78, 5) is 24.6. The molecule has 2 amide bonds. The highest BCUT2D eigenvalue weighted by molar-refractivity contribution is 5.94. The van der Waals surface area contributed by atoms with E-state index in [1.54, 1.807) is 0 Å². The number of nitrogens with zero attached hydrogens (tertiary/aromatic N) is 1. The summed E-state index contributed by atoms with van der Waals surface area (Å²) in [5, 5.41) is 2.64. The maximum atomic E-state index is 12.6. The second-order valence-electron chi connectivity index (χ2n) is 5.99. The molecule has 1 unspecified atom stereocenters. The van der Waals surface area contributed by atoms with Crippen molar-refractivity contribution in [3.05, 3.63) is 12.1 Å². The molecule has 7 nitrogen and oxygen atoms in total. The van der Waals surface area contributed by atoms with E-state index in [0.29, 0.717) is 40.7 Å².